The van der Waals surface area contributed by atoms with Gasteiger partial charge in [0.05, 0.1) is 0 Å². The number of hydrogen-bond donors (Lipinski definition) is 1. The average molecular weight is 193 g/mol. The Labute approximate surface area is 85.5 Å². The number of aryl methyl sites for hydroxylation is 1. The van der Waals surface area contributed by atoms with Crippen LogP contribution in [0.4, 0.5) is 0 Å². The second-order valence-corrected chi connectivity index (χ2v) is 4.41. The van der Waals surface area contributed by atoms with Gasteiger partial charge < -0.3 is 10.2 Å². The summed E-state index contributed by atoms with van der Waals surface area (Å²) >= 11 is 0. The molecule has 1 aromatic rings. The van der Waals surface area contributed by atoms with Crippen molar-refractivity contribution in [3.05, 3.63) is 23.7 Å². The van der Waals surface area contributed by atoms with Gasteiger partial charge in [0.1, 0.15) is 11.5 Å². The normalized spacial score (nSPS) is 27.9. The molecule has 0 aromatic carbocycles. The number of rotatable bonds is 2. The molecule has 1 aromatic heterocycles. The standard InChI is InChI=1S/C12H19NO/c1-9-5-6-12(14-9)11-4-2-3-10(7-11)8-13/h5-6,10-11H,2-4,7-8,13H2,1H3. The minimum Gasteiger partial charge on any atom is -0.466 e. The molecule has 1 fully saturated rings. The fraction of sp³-hybridized carbons (Fsp3) is 0.667. The summed E-state index contributed by atoms with van der Waals surface area (Å²) in [6.45, 7) is 2.84. The minimum atomic E-state index is 0.617. The molecule has 2 N–H and O–H groups in total. The molecule has 78 valence electrons. The first-order valence-corrected chi connectivity index (χ1v) is 5.56. The van der Waals surface area contributed by atoms with Crippen LogP contribution in [0.3, 0.4) is 0 Å². The van der Waals surface area contributed by atoms with Crippen LogP contribution in [-0.4, -0.2) is 6.54 Å². The second-order valence-electron chi connectivity index (χ2n) is 4.41. The summed E-state index contributed by atoms with van der Waals surface area (Å²) in [6.07, 6.45) is 5.08. The van der Waals surface area contributed by atoms with E-state index in [1.165, 1.54) is 31.4 Å². The third kappa shape index (κ3) is 2.01. The second kappa shape index (κ2) is 4.18. The Hall–Kier alpha value is -0.760. The topological polar surface area (TPSA) is 39.2 Å². The molecule has 1 aliphatic carbocycles. The van der Waals surface area contributed by atoms with Gasteiger partial charge in [-0.05, 0) is 50.8 Å². The highest BCUT2D eigenvalue weighted by molar-refractivity contribution is 5.11. The Balaban J connectivity index is 2.04. The molecule has 14 heavy (non-hydrogen) atoms. The van der Waals surface area contributed by atoms with E-state index < -0.39 is 0 Å². The van der Waals surface area contributed by atoms with Crippen LogP contribution in [0.1, 0.15) is 43.1 Å². The maximum absolute atomic E-state index is 5.72. The summed E-state index contributed by atoms with van der Waals surface area (Å²) < 4.78 is 5.67. The monoisotopic (exact) mass is 193 g/mol. The zero-order valence-electron chi connectivity index (χ0n) is 8.83. The quantitative estimate of drug-likeness (QED) is 0.784. The van der Waals surface area contributed by atoms with Crippen molar-refractivity contribution in [2.24, 2.45) is 11.7 Å². The smallest absolute Gasteiger partial charge is 0.107 e. The van der Waals surface area contributed by atoms with Crippen LogP contribution in [0.25, 0.3) is 0 Å². The molecule has 0 bridgehead atoms. The number of furan rings is 1. The van der Waals surface area contributed by atoms with Gasteiger partial charge in [-0.1, -0.05) is 6.42 Å². The molecule has 0 radical (unpaired) electrons. The lowest BCUT2D eigenvalue weighted by Gasteiger charge is -2.26. The fourth-order valence-electron chi connectivity index (χ4n) is 2.44. The van der Waals surface area contributed by atoms with E-state index in [0.29, 0.717) is 11.8 Å². The molecule has 0 aliphatic heterocycles. The third-order valence-corrected chi connectivity index (χ3v) is 3.28. The van der Waals surface area contributed by atoms with E-state index in [2.05, 4.69) is 12.1 Å². The van der Waals surface area contributed by atoms with Gasteiger partial charge in [-0.25, -0.2) is 0 Å². The first-order chi connectivity index (χ1) is 6.79. The van der Waals surface area contributed by atoms with Gasteiger partial charge >= 0.3 is 0 Å². The van der Waals surface area contributed by atoms with Crippen LogP contribution in [0, 0.1) is 12.8 Å². The molecule has 1 heterocycles. The van der Waals surface area contributed by atoms with E-state index >= 15 is 0 Å². The summed E-state index contributed by atoms with van der Waals surface area (Å²) in [4.78, 5) is 0. The van der Waals surface area contributed by atoms with Crippen LogP contribution in [-0.2, 0) is 0 Å². The minimum absolute atomic E-state index is 0.617. The van der Waals surface area contributed by atoms with Gasteiger partial charge in [0.15, 0.2) is 0 Å². The van der Waals surface area contributed by atoms with Gasteiger partial charge in [0, 0.05) is 5.92 Å². The molecule has 2 rings (SSSR count). The maximum Gasteiger partial charge on any atom is 0.107 e. The lowest BCUT2D eigenvalue weighted by molar-refractivity contribution is 0.295. The van der Waals surface area contributed by atoms with Crippen molar-refractivity contribution in [2.75, 3.05) is 6.54 Å². The fourth-order valence-corrected chi connectivity index (χ4v) is 2.44. The van der Waals surface area contributed by atoms with Crippen molar-refractivity contribution in [1.82, 2.24) is 0 Å². The molecule has 2 heteroatoms. The molecule has 0 amide bonds. The first-order valence-electron chi connectivity index (χ1n) is 5.56. The Kier molecular flexibility index (Phi) is 2.92. The summed E-state index contributed by atoms with van der Waals surface area (Å²) in [5.41, 5.74) is 5.72. The molecule has 2 nitrogen and oxygen atoms in total. The summed E-state index contributed by atoms with van der Waals surface area (Å²) in [5.74, 6) is 3.51. The molecule has 2 unspecified atom stereocenters. The van der Waals surface area contributed by atoms with E-state index in [1.807, 2.05) is 6.92 Å². The van der Waals surface area contributed by atoms with Crippen molar-refractivity contribution in [3.8, 4) is 0 Å². The lowest BCUT2D eigenvalue weighted by Crippen LogP contribution is -2.21. The molecule has 0 spiro atoms. The molecular formula is C12H19NO. The van der Waals surface area contributed by atoms with Crippen LogP contribution in [0.2, 0.25) is 0 Å². The van der Waals surface area contributed by atoms with Crippen LogP contribution in [0.5, 0.6) is 0 Å². The maximum atomic E-state index is 5.72. The van der Waals surface area contributed by atoms with Gasteiger partial charge in [-0.2, -0.15) is 0 Å². The first kappa shape index (κ1) is 9.78. The molecule has 1 saturated carbocycles. The van der Waals surface area contributed by atoms with Gasteiger partial charge in [0.2, 0.25) is 0 Å². The van der Waals surface area contributed by atoms with E-state index in [4.69, 9.17) is 10.2 Å². The van der Waals surface area contributed by atoms with Gasteiger partial charge in [0.25, 0.3) is 0 Å². The van der Waals surface area contributed by atoms with Crippen molar-refractivity contribution in [1.29, 1.82) is 0 Å². The Morgan fingerprint density at radius 3 is 2.93 bits per heavy atom. The number of hydrogen-bond acceptors (Lipinski definition) is 2. The predicted molar refractivity (Wildman–Crippen MR) is 57.2 cm³/mol. The summed E-state index contributed by atoms with van der Waals surface area (Å²) in [5, 5.41) is 0. The highest BCUT2D eigenvalue weighted by atomic mass is 16.3. The third-order valence-electron chi connectivity index (χ3n) is 3.28. The molecule has 1 aliphatic rings. The van der Waals surface area contributed by atoms with E-state index in [0.717, 1.165) is 12.3 Å². The highest BCUT2D eigenvalue weighted by Crippen LogP contribution is 2.36. The lowest BCUT2D eigenvalue weighted by atomic mass is 9.80. The highest BCUT2D eigenvalue weighted by Gasteiger charge is 2.24. The SMILES string of the molecule is Cc1ccc(C2CCCC(CN)C2)o1. The van der Waals surface area contributed by atoms with Gasteiger partial charge in [-0.15, -0.1) is 0 Å². The van der Waals surface area contributed by atoms with Crippen molar-refractivity contribution in [2.45, 2.75) is 38.5 Å². The van der Waals surface area contributed by atoms with Crippen LogP contribution >= 0.6 is 0 Å². The zero-order valence-corrected chi connectivity index (χ0v) is 8.83. The predicted octanol–water partition coefficient (Wildman–Crippen LogP) is 2.82. The van der Waals surface area contributed by atoms with Crippen LogP contribution in [0.15, 0.2) is 16.5 Å². The van der Waals surface area contributed by atoms with Crippen molar-refractivity contribution >= 4 is 0 Å². The van der Waals surface area contributed by atoms with Crippen molar-refractivity contribution < 1.29 is 4.42 Å². The van der Waals surface area contributed by atoms with Crippen LogP contribution < -0.4 is 5.73 Å². The average Bonchev–Trinajstić information content (AvgIpc) is 2.65. The number of nitrogens with two attached hydrogens (primary N) is 1. The van der Waals surface area contributed by atoms with Gasteiger partial charge in [-0.3, -0.25) is 0 Å². The Bertz CT molecular complexity index is 292. The molecule has 0 saturated heterocycles. The van der Waals surface area contributed by atoms with E-state index in [-0.39, 0.29) is 0 Å². The zero-order chi connectivity index (χ0) is 9.97. The largest absolute Gasteiger partial charge is 0.466 e. The molecular weight excluding hydrogens is 174 g/mol. The summed E-state index contributed by atoms with van der Waals surface area (Å²) in [6, 6.07) is 4.18. The Morgan fingerprint density at radius 1 is 1.43 bits per heavy atom. The van der Waals surface area contributed by atoms with Crippen molar-refractivity contribution in [3.63, 3.8) is 0 Å². The Morgan fingerprint density at radius 2 is 2.29 bits per heavy atom. The molecule has 2 atom stereocenters. The summed E-state index contributed by atoms with van der Waals surface area (Å²) in [7, 11) is 0. The van der Waals surface area contributed by atoms with E-state index in [1.54, 1.807) is 0 Å². The van der Waals surface area contributed by atoms with E-state index in [9.17, 15) is 0 Å².